The predicted octanol–water partition coefficient (Wildman–Crippen LogP) is 2.97. The van der Waals surface area contributed by atoms with Gasteiger partial charge in [0.1, 0.15) is 5.60 Å². The van der Waals surface area contributed by atoms with Gasteiger partial charge in [0, 0.05) is 44.4 Å². The number of nitrogens with one attached hydrogen (secondary N) is 1. The summed E-state index contributed by atoms with van der Waals surface area (Å²) in [6.45, 7) is 6.49. The molecule has 1 aliphatic rings. The highest BCUT2D eigenvalue weighted by Crippen LogP contribution is 2.22. The molecule has 1 aromatic carbocycles. The van der Waals surface area contributed by atoms with Crippen LogP contribution in [0.2, 0.25) is 0 Å². The Labute approximate surface area is 160 Å². The van der Waals surface area contributed by atoms with E-state index in [4.69, 9.17) is 4.74 Å². The lowest BCUT2D eigenvalue weighted by molar-refractivity contribution is -0.121. The predicted molar refractivity (Wildman–Crippen MR) is 104 cm³/mol. The van der Waals surface area contributed by atoms with E-state index >= 15 is 0 Å². The number of ether oxygens (including phenoxy) is 1. The van der Waals surface area contributed by atoms with Crippen molar-refractivity contribution in [1.82, 2.24) is 9.80 Å². The molecule has 0 spiro atoms. The van der Waals surface area contributed by atoms with Crippen molar-refractivity contribution in [3.63, 3.8) is 0 Å². The van der Waals surface area contributed by atoms with Gasteiger partial charge in [-0.25, -0.2) is 4.79 Å². The second-order valence-electron chi connectivity index (χ2n) is 8.01. The number of amides is 3. The van der Waals surface area contributed by atoms with Gasteiger partial charge in [-0.1, -0.05) is 6.07 Å². The minimum absolute atomic E-state index is 0.0895. The van der Waals surface area contributed by atoms with Gasteiger partial charge >= 0.3 is 6.09 Å². The van der Waals surface area contributed by atoms with Crippen LogP contribution in [0.1, 0.15) is 44.0 Å². The number of anilines is 1. The van der Waals surface area contributed by atoms with Gasteiger partial charge in [0.15, 0.2) is 0 Å². The van der Waals surface area contributed by atoms with Crippen LogP contribution < -0.4 is 5.32 Å². The molecule has 27 heavy (non-hydrogen) atoms. The van der Waals surface area contributed by atoms with Gasteiger partial charge in [-0.3, -0.25) is 9.59 Å². The first kappa shape index (κ1) is 20.7. The van der Waals surface area contributed by atoms with Crippen LogP contribution in [0, 0.1) is 5.92 Å². The van der Waals surface area contributed by atoms with E-state index in [1.807, 2.05) is 20.8 Å². The van der Waals surface area contributed by atoms with Crippen molar-refractivity contribution in [3.05, 3.63) is 29.8 Å². The second-order valence-corrected chi connectivity index (χ2v) is 8.01. The lowest BCUT2D eigenvalue weighted by Crippen LogP contribution is -2.43. The van der Waals surface area contributed by atoms with Gasteiger partial charge in [-0.05, 0) is 51.8 Å². The standard InChI is InChI=1S/C20H29N3O4/c1-20(2,3)27-19(26)23-11-9-14(10-12-23)17(24)21-16-8-6-7-15(13-16)18(25)22(4)5/h6-8,13-14H,9-12H2,1-5H3,(H,21,24). The van der Waals surface area contributed by atoms with Crippen LogP contribution in [0.15, 0.2) is 24.3 Å². The highest BCUT2D eigenvalue weighted by atomic mass is 16.6. The molecule has 1 heterocycles. The zero-order chi connectivity index (χ0) is 20.2. The quantitative estimate of drug-likeness (QED) is 0.881. The Balaban J connectivity index is 1.90. The smallest absolute Gasteiger partial charge is 0.410 e. The van der Waals surface area contributed by atoms with E-state index in [1.165, 1.54) is 4.90 Å². The van der Waals surface area contributed by atoms with Crippen molar-refractivity contribution in [2.75, 3.05) is 32.5 Å². The first-order valence-electron chi connectivity index (χ1n) is 9.17. The molecule has 2 rings (SSSR count). The summed E-state index contributed by atoms with van der Waals surface area (Å²) >= 11 is 0. The second kappa shape index (κ2) is 8.41. The van der Waals surface area contributed by atoms with Crippen molar-refractivity contribution in [2.45, 2.75) is 39.2 Å². The molecule has 1 saturated heterocycles. The Bertz CT molecular complexity index is 701. The van der Waals surface area contributed by atoms with E-state index in [1.54, 1.807) is 43.3 Å². The summed E-state index contributed by atoms with van der Waals surface area (Å²) in [5.74, 6) is -0.373. The van der Waals surface area contributed by atoms with E-state index in [-0.39, 0.29) is 23.8 Å². The highest BCUT2D eigenvalue weighted by Gasteiger charge is 2.30. The van der Waals surface area contributed by atoms with Gasteiger partial charge in [-0.15, -0.1) is 0 Å². The Kier molecular flexibility index (Phi) is 6.46. The number of carbonyl (C=O) groups is 3. The third-order valence-electron chi connectivity index (χ3n) is 4.30. The average Bonchev–Trinajstić information content (AvgIpc) is 2.59. The van der Waals surface area contributed by atoms with E-state index in [0.717, 1.165) is 0 Å². The first-order valence-corrected chi connectivity index (χ1v) is 9.17. The van der Waals surface area contributed by atoms with Crippen LogP contribution in [-0.2, 0) is 9.53 Å². The summed E-state index contributed by atoms with van der Waals surface area (Å²) in [7, 11) is 3.37. The lowest BCUT2D eigenvalue weighted by Gasteiger charge is -2.32. The van der Waals surface area contributed by atoms with Gasteiger partial charge in [0.2, 0.25) is 5.91 Å². The summed E-state index contributed by atoms with van der Waals surface area (Å²) < 4.78 is 5.37. The molecular weight excluding hydrogens is 346 g/mol. The molecule has 0 atom stereocenters. The molecule has 0 bridgehead atoms. The molecule has 1 aliphatic heterocycles. The maximum atomic E-state index is 12.5. The summed E-state index contributed by atoms with van der Waals surface area (Å²) in [6, 6.07) is 6.91. The molecule has 0 aromatic heterocycles. The third kappa shape index (κ3) is 5.98. The van der Waals surface area contributed by atoms with Crippen LogP contribution >= 0.6 is 0 Å². The molecule has 0 unspecified atom stereocenters. The molecule has 7 nitrogen and oxygen atoms in total. The normalized spacial score (nSPS) is 15.2. The number of carbonyl (C=O) groups excluding carboxylic acids is 3. The van der Waals surface area contributed by atoms with Gasteiger partial charge < -0.3 is 19.9 Å². The van der Waals surface area contributed by atoms with Crippen LogP contribution in [0.5, 0.6) is 0 Å². The van der Waals surface area contributed by atoms with Gasteiger partial charge in [0.05, 0.1) is 0 Å². The van der Waals surface area contributed by atoms with E-state index in [9.17, 15) is 14.4 Å². The Morgan fingerprint density at radius 2 is 1.78 bits per heavy atom. The molecule has 1 N–H and O–H groups in total. The van der Waals surface area contributed by atoms with Gasteiger partial charge in [0.25, 0.3) is 5.91 Å². The Morgan fingerprint density at radius 1 is 1.15 bits per heavy atom. The van der Waals surface area contributed by atoms with E-state index < -0.39 is 5.60 Å². The Hall–Kier alpha value is -2.57. The van der Waals surface area contributed by atoms with Crippen LogP contribution in [-0.4, -0.2) is 60.5 Å². The van der Waals surface area contributed by atoms with E-state index in [0.29, 0.717) is 37.2 Å². The largest absolute Gasteiger partial charge is 0.444 e. The summed E-state index contributed by atoms with van der Waals surface area (Å²) in [6.07, 6.45) is 0.833. The van der Waals surface area contributed by atoms with Crippen molar-refractivity contribution in [2.24, 2.45) is 5.92 Å². The fourth-order valence-corrected chi connectivity index (χ4v) is 2.88. The number of piperidine rings is 1. The minimum atomic E-state index is -0.527. The van der Waals surface area contributed by atoms with Crippen molar-refractivity contribution >= 4 is 23.6 Å². The minimum Gasteiger partial charge on any atom is -0.444 e. The first-order chi connectivity index (χ1) is 12.6. The zero-order valence-electron chi connectivity index (χ0n) is 16.7. The molecule has 0 saturated carbocycles. The number of benzene rings is 1. The number of rotatable bonds is 3. The lowest BCUT2D eigenvalue weighted by atomic mass is 9.96. The SMILES string of the molecule is CN(C)C(=O)c1cccc(NC(=O)C2CCN(C(=O)OC(C)(C)C)CC2)c1. The number of likely N-dealkylation sites (tertiary alicyclic amines) is 1. The molecule has 148 valence electrons. The number of hydrogen-bond donors (Lipinski definition) is 1. The number of hydrogen-bond acceptors (Lipinski definition) is 4. The molecule has 3 amide bonds. The summed E-state index contributed by atoms with van der Waals surface area (Å²) in [5, 5.41) is 2.88. The maximum Gasteiger partial charge on any atom is 0.410 e. The molecule has 1 aromatic rings. The zero-order valence-corrected chi connectivity index (χ0v) is 16.7. The Morgan fingerprint density at radius 3 is 2.33 bits per heavy atom. The fourth-order valence-electron chi connectivity index (χ4n) is 2.88. The summed E-state index contributed by atoms with van der Waals surface area (Å²) in [5.41, 5.74) is 0.597. The maximum absolute atomic E-state index is 12.5. The van der Waals surface area contributed by atoms with Crippen molar-refractivity contribution in [1.29, 1.82) is 0 Å². The molecule has 0 aliphatic carbocycles. The highest BCUT2D eigenvalue weighted by molar-refractivity contribution is 5.97. The number of nitrogens with zero attached hydrogens (tertiary/aromatic N) is 2. The van der Waals surface area contributed by atoms with E-state index in [2.05, 4.69) is 5.32 Å². The van der Waals surface area contributed by atoms with Crippen LogP contribution in [0.25, 0.3) is 0 Å². The van der Waals surface area contributed by atoms with Crippen molar-refractivity contribution in [3.8, 4) is 0 Å². The molecular formula is C20H29N3O4. The van der Waals surface area contributed by atoms with Gasteiger partial charge in [-0.2, -0.15) is 0 Å². The average molecular weight is 375 g/mol. The molecule has 1 fully saturated rings. The summed E-state index contributed by atoms with van der Waals surface area (Å²) in [4.78, 5) is 39.8. The fraction of sp³-hybridized carbons (Fsp3) is 0.550. The molecule has 7 heteroatoms. The third-order valence-corrected chi connectivity index (χ3v) is 4.30. The topological polar surface area (TPSA) is 79.0 Å². The van der Waals surface area contributed by atoms with Crippen LogP contribution in [0.4, 0.5) is 10.5 Å². The van der Waals surface area contributed by atoms with Crippen molar-refractivity contribution < 1.29 is 19.1 Å². The van der Waals surface area contributed by atoms with Crippen LogP contribution in [0.3, 0.4) is 0 Å². The molecule has 0 radical (unpaired) electrons. The monoisotopic (exact) mass is 375 g/mol.